The largest absolute Gasteiger partial charge is 0.313 e. The zero-order chi connectivity index (χ0) is 13.7. The average Bonchev–Trinajstić information content (AvgIpc) is 3.33. The summed E-state index contributed by atoms with van der Waals surface area (Å²) in [4.78, 5) is 0. The van der Waals surface area contributed by atoms with Gasteiger partial charge in [-0.05, 0) is 79.5 Å². The molecule has 108 valence electrons. The summed E-state index contributed by atoms with van der Waals surface area (Å²) in [6.07, 6.45) is 7.41. The van der Waals surface area contributed by atoms with Gasteiger partial charge >= 0.3 is 0 Å². The Morgan fingerprint density at radius 1 is 1.25 bits per heavy atom. The van der Waals surface area contributed by atoms with Crippen molar-refractivity contribution in [3.05, 3.63) is 34.6 Å². The summed E-state index contributed by atoms with van der Waals surface area (Å²) in [6.45, 7) is 1.05. The quantitative estimate of drug-likeness (QED) is 0.858. The van der Waals surface area contributed by atoms with E-state index in [0.29, 0.717) is 5.02 Å². The molecule has 2 atom stereocenters. The molecule has 1 aromatic rings. The molecule has 20 heavy (non-hydrogen) atoms. The topological polar surface area (TPSA) is 12.0 Å². The molecular weight excluding hydrogens is 273 g/mol. The molecule has 1 N–H and O–H groups in total. The molecule has 3 aliphatic carbocycles. The van der Waals surface area contributed by atoms with E-state index in [1.54, 1.807) is 6.07 Å². The van der Waals surface area contributed by atoms with Crippen LogP contribution < -0.4 is 5.32 Å². The van der Waals surface area contributed by atoms with Gasteiger partial charge in [-0.15, -0.1) is 0 Å². The maximum Gasteiger partial charge on any atom is 0.126 e. The Bertz CT molecular complexity index is 516. The second-order valence-electron chi connectivity index (χ2n) is 7.23. The standard InChI is InChI=1S/C17H21ClFN/c18-14-1-4-16(19)13(6-14)9-17(10-20-15-2-3-15)7-11-5-12(11)8-17/h1,4,6,11-12,15,20H,2-3,5,7-10H2. The Hall–Kier alpha value is -0.600. The maximum atomic E-state index is 14.0. The van der Waals surface area contributed by atoms with E-state index in [9.17, 15) is 4.39 Å². The van der Waals surface area contributed by atoms with Gasteiger partial charge in [0.25, 0.3) is 0 Å². The highest BCUT2D eigenvalue weighted by atomic mass is 35.5. The van der Waals surface area contributed by atoms with Crippen LogP contribution in [-0.4, -0.2) is 12.6 Å². The first-order valence-electron chi connectivity index (χ1n) is 7.81. The molecular formula is C17H21ClFN. The van der Waals surface area contributed by atoms with Gasteiger partial charge in [-0.2, -0.15) is 0 Å². The lowest BCUT2D eigenvalue weighted by atomic mass is 9.77. The third-order valence-corrected chi connectivity index (χ3v) is 5.61. The lowest BCUT2D eigenvalue weighted by Crippen LogP contribution is -2.36. The number of nitrogens with one attached hydrogen (secondary N) is 1. The molecule has 1 aromatic carbocycles. The normalized spacial score (nSPS) is 35.1. The second-order valence-corrected chi connectivity index (χ2v) is 7.67. The third kappa shape index (κ3) is 2.60. The van der Waals surface area contributed by atoms with Crippen molar-refractivity contribution in [3.8, 4) is 0 Å². The van der Waals surface area contributed by atoms with Gasteiger partial charge in [0.2, 0.25) is 0 Å². The fourth-order valence-corrected chi connectivity index (χ4v) is 4.28. The minimum absolute atomic E-state index is 0.0965. The van der Waals surface area contributed by atoms with Gasteiger partial charge in [0.1, 0.15) is 5.82 Å². The van der Waals surface area contributed by atoms with Crippen molar-refractivity contribution in [2.45, 2.75) is 44.6 Å². The fraction of sp³-hybridized carbons (Fsp3) is 0.647. The average molecular weight is 294 g/mol. The third-order valence-electron chi connectivity index (χ3n) is 5.38. The molecule has 3 aliphatic rings. The first kappa shape index (κ1) is 13.1. The molecule has 0 aliphatic heterocycles. The Balaban J connectivity index is 1.53. The van der Waals surface area contributed by atoms with Gasteiger partial charge in [-0.1, -0.05) is 11.6 Å². The van der Waals surface area contributed by atoms with Crippen LogP contribution in [0.2, 0.25) is 5.02 Å². The van der Waals surface area contributed by atoms with Crippen LogP contribution in [0.25, 0.3) is 0 Å². The SMILES string of the molecule is Fc1ccc(Cl)cc1CC1(CNC2CC2)CC2CC2C1. The smallest absolute Gasteiger partial charge is 0.126 e. The lowest BCUT2D eigenvalue weighted by Gasteiger charge is -2.32. The van der Waals surface area contributed by atoms with Crippen molar-refractivity contribution in [1.82, 2.24) is 5.32 Å². The molecule has 3 saturated carbocycles. The Labute approximate surface area is 124 Å². The van der Waals surface area contributed by atoms with Gasteiger partial charge in [0, 0.05) is 17.6 Å². The van der Waals surface area contributed by atoms with Crippen molar-refractivity contribution in [1.29, 1.82) is 0 Å². The molecule has 1 nitrogen and oxygen atoms in total. The highest BCUT2D eigenvalue weighted by Gasteiger charge is 2.53. The summed E-state index contributed by atoms with van der Waals surface area (Å²) in [5.41, 5.74) is 1.07. The molecule has 2 unspecified atom stereocenters. The van der Waals surface area contributed by atoms with E-state index in [1.165, 1.54) is 38.2 Å². The Kier molecular flexibility index (Phi) is 3.08. The van der Waals surface area contributed by atoms with Crippen LogP contribution in [0.1, 0.15) is 37.7 Å². The van der Waals surface area contributed by atoms with Crippen LogP contribution in [-0.2, 0) is 6.42 Å². The van der Waals surface area contributed by atoms with Gasteiger partial charge < -0.3 is 5.32 Å². The first-order chi connectivity index (χ1) is 9.63. The van der Waals surface area contributed by atoms with Gasteiger partial charge in [-0.3, -0.25) is 0 Å². The van der Waals surface area contributed by atoms with E-state index in [0.717, 1.165) is 36.4 Å². The molecule has 3 heteroatoms. The summed E-state index contributed by atoms with van der Waals surface area (Å²) in [6, 6.07) is 5.70. The zero-order valence-electron chi connectivity index (χ0n) is 11.7. The zero-order valence-corrected chi connectivity index (χ0v) is 12.4. The number of halogens is 2. The summed E-state index contributed by atoms with van der Waals surface area (Å²) >= 11 is 6.04. The number of fused-ring (bicyclic) bond motifs is 1. The van der Waals surface area contributed by atoms with Crippen molar-refractivity contribution in [3.63, 3.8) is 0 Å². The first-order valence-corrected chi connectivity index (χ1v) is 8.19. The molecule has 0 saturated heterocycles. The molecule has 0 bridgehead atoms. The van der Waals surface area contributed by atoms with Crippen molar-refractivity contribution in [2.24, 2.45) is 17.3 Å². The Morgan fingerprint density at radius 3 is 2.70 bits per heavy atom. The van der Waals surface area contributed by atoms with Gasteiger partial charge in [0.15, 0.2) is 0 Å². The molecule has 4 rings (SSSR count). The van der Waals surface area contributed by atoms with Crippen LogP contribution in [0, 0.1) is 23.1 Å². The van der Waals surface area contributed by atoms with E-state index in [4.69, 9.17) is 11.6 Å². The molecule has 0 spiro atoms. The summed E-state index contributed by atoms with van der Waals surface area (Å²) in [5.74, 6) is 1.73. The fourth-order valence-electron chi connectivity index (χ4n) is 4.09. The second kappa shape index (κ2) is 4.71. The highest BCUT2D eigenvalue weighted by Crippen LogP contribution is 2.60. The lowest BCUT2D eigenvalue weighted by molar-refractivity contribution is 0.245. The van der Waals surface area contributed by atoms with E-state index in [2.05, 4.69) is 5.32 Å². The van der Waals surface area contributed by atoms with Crippen molar-refractivity contribution in [2.75, 3.05) is 6.54 Å². The molecule has 3 fully saturated rings. The minimum atomic E-state index is -0.0965. The van der Waals surface area contributed by atoms with Crippen molar-refractivity contribution < 1.29 is 4.39 Å². The number of benzene rings is 1. The van der Waals surface area contributed by atoms with Crippen LogP contribution in [0.5, 0.6) is 0 Å². The van der Waals surface area contributed by atoms with Crippen LogP contribution >= 0.6 is 11.6 Å². The number of hydrogen-bond acceptors (Lipinski definition) is 1. The summed E-state index contributed by atoms with van der Waals surface area (Å²) in [7, 11) is 0. The molecule has 0 radical (unpaired) electrons. The molecule has 0 heterocycles. The summed E-state index contributed by atoms with van der Waals surface area (Å²) in [5, 5.41) is 4.33. The number of hydrogen-bond donors (Lipinski definition) is 1. The van der Waals surface area contributed by atoms with E-state index in [-0.39, 0.29) is 11.2 Å². The number of rotatable bonds is 5. The van der Waals surface area contributed by atoms with Gasteiger partial charge in [0.05, 0.1) is 0 Å². The predicted octanol–water partition coefficient (Wildman–Crippen LogP) is 4.19. The highest BCUT2D eigenvalue weighted by molar-refractivity contribution is 6.30. The Morgan fingerprint density at radius 2 is 2.00 bits per heavy atom. The van der Waals surface area contributed by atoms with E-state index in [1.807, 2.05) is 6.07 Å². The monoisotopic (exact) mass is 293 g/mol. The van der Waals surface area contributed by atoms with E-state index < -0.39 is 0 Å². The summed E-state index contributed by atoms with van der Waals surface area (Å²) < 4.78 is 14.0. The molecule has 0 aromatic heterocycles. The van der Waals surface area contributed by atoms with Gasteiger partial charge in [-0.25, -0.2) is 4.39 Å². The molecule has 0 amide bonds. The van der Waals surface area contributed by atoms with Crippen molar-refractivity contribution >= 4 is 11.6 Å². The van der Waals surface area contributed by atoms with E-state index >= 15 is 0 Å². The van der Waals surface area contributed by atoms with Crippen LogP contribution in [0.15, 0.2) is 18.2 Å². The van der Waals surface area contributed by atoms with Crippen LogP contribution in [0.4, 0.5) is 4.39 Å². The maximum absolute atomic E-state index is 14.0. The minimum Gasteiger partial charge on any atom is -0.313 e. The predicted molar refractivity (Wildman–Crippen MR) is 79.4 cm³/mol. The van der Waals surface area contributed by atoms with Crippen LogP contribution in [0.3, 0.4) is 0 Å².